The first-order valence-electron chi connectivity index (χ1n) is 7.35. The average Bonchev–Trinajstić information content (AvgIpc) is 2.93. The predicted octanol–water partition coefficient (Wildman–Crippen LogP) is 1.67. The molecule has 6 heteroatoms. The summed E-state index contributed by atoms with van der Waals surface area (Å²) in [6, 6.07) is 1.79. The number of carbonyl (C=O) groups is 2. The van der Waals surface area contributed by atoms with E-state index in [0.717, 1.165) is 17.8 Å². The number of nitrogens with zero attached hydrogens (tertiary/aromatic N) is 3. The smallest absolute Gasteiger partial charge is 0.303 e. The number of aliphatic carboxylic acids is 1. The molecule has 2 heterocycles. The zero-order chi connectivity index (χ0) is 15.4. The van der Waals surface area contributed by atoms with Crippen molar-refractivity contribution < 1.29 is 14.7 Å². The third-order valence-corrected chi connectivity index (χ3v) is 3.90. The minimum atomic E-state index is -0.776. The molecule has 0 spiro atoms. The van der Waals surface area contributed by atoms with Crippen LogP contribution in [0, 0.1) is 12.8 Å². The molecule has 1 aliphatic rings. The van der Waals surface area contributed by atoms with E-state index in [9.17, 15) is 9.59 Å². The minimum absolute atomic E-state index is 0.0114. The summed E-state index contributed by atoms with van der Waals surface area (Å²) in [4.78, 5) is 25.0. The molecule has 1 N–H and O–H groups in total. The Morgan fingerprint density at radius 1 is 1.43 bits per heavy atom. The maximum Gasteiger partial charge on any atom is 0.303 e. The number of aromatic nitrogens is 2. The zero-order valence-electron chi connectivity index (χ0n) is 12.5. The van der Waals surface area contributed by atoms with Gasteiger partial charge in [0.15, 0.2) is 0 Å². The molecule has 1 aliphatic heterocycles. The molecule has 1 aromatic heterocycles. The van der Waals surface area contributed by atoms with Gasteiger partial charge < -0.3 is 10.0 Å². The summed E-state index contributed by atoms with van der Waals surface area (Å²) >= 11 is 0. The van der Waals surface area contributed by atoms with Crippen molar-refractivity contribution in [2.24, 2.45) is 5.92 Å². The number of carboxylic acids is 1. The second-order valence-corrected chi connectivity index (χ2v) is 5.54. The van der Waals surface area contributed by atoms with Crippen molar-refractivity contribution in [3.8, 4) is 0 Å². The molecule has 1 atom stereocenters. The molecule has 1 aromatic rings. The van der Waals surface area contributed by atoms with Crippen molar-refractivity contribution >= 4 is 11.9 Å². The van der Waals surface area contributed by atoms with Gasteiger partial charge in [-0.25, -0.2) is 0 Å². The zero-order valence-corrected chi connectivity index (χ0v) is 12.5. The third-order valence-electron chi connectivity index (χ3n) is 3.90. The van der Waals surface area contributed by atoms with E-state index < -0.39 is 5.97 Å². The average molecular weight is 291 g/mol. The second kappa shape index (κ2) is 6.65. The molecule has 1 unspecified atom stereocenters. The van der Waals surface area contributed by atoms with Crippen LogP contribution < -0.4 is 0 Å². The largest absolute Gasteiger partial charge is 0.481 e. The number of carbonyl (C=O) groups excluding carboxylic acids is 1. The van der Waals surface area contributed by atoms with Gasteiger partial charge in [0.25, 0.3) is 5.91 Å². The molecule has 1 amide bonds. The number of amides is 1. The Hall–Kier alpha value is -1.98. The van der Waals surface area contributed by atoms with E-state index in [1.807, 2.05) is 18.7 Å². The second-order valence-electron chi connectivity index (χ2n) is 5.54. The number of hydrogen-bond acceptors (Lipinski definition) is 4. The molecule has 6 nitrogen and oxygen atoms in total. The molecule has 2 rings (SSSR count). The Kier molecular flexibility index (Phi) is 4.88. The summed E-state index contributed by atoms with van der Waals surface area (Å²) in [6.45, 7) is 5.10. The summed E-state index contributed by atoms with van der Waals surface area (Å²) in [5.74, 6) is -0.504. The van der Waals surface area contributed by atoms with Crippen LogP contribution in [0.25, 0.3) is 0 Å². The summed E-state index contributed by atoms with van der Waals surface area (Å²) in [6.07, 6.45) is 2.35. The van der Waals surface area contributed by atoms with E-state index in [1.165, 1.54) is 0 Å². The quantitative estimate of drug-likeness (QED) is 0.892. The SMILES string of the molecule is CCc1nnc(C)cc1C(=O)N1CCC(CCC(=O)O)C1. The van der Waals surface area contributed by atoms with Crippen molar-refractivity contribution in [1.29, 1.82) is 0 Å². The molecule has 0 saturated carbocycles. The van der Waals surface area contributed by atoms with E-state index in [0.29, 0.717) is 31.5 Å². The third kappa shape index (κ3) is 3.77. The fourth-order valence-corrected chi connectivity index (χ4v) is 2.71. The normalized spacial score (nSPS) is 18.0. The molecular weight excluding hydrogens is 270 g/mol. The highest BCUT2D eigenvalue weighted by Crippen LogP contribution is 2.23. The van der Waals surface area contributed by atoms with Gasteiger partial charge in [0.05, 0.1) is 17.0 Å². The van der Waals surface area contributed by atoms with Crippen LogP contribution in [0.1, 0.15) is 47.9 Å². The van der Waals surface area contributed by atoms with Gasteiger partial charge in [-0.1, -0.05) is 6.92 Å². The number of aryl methyl sites for hydroxylation is 2. The lowest BCUT2D eigenvalue weighted by Gasteiger charge is -2.18. The van der Waals surface area contributed by atoms with Crippen LogP contribution in [0.4, 0.5) is 0 Å². The van der Waals surface area contributed by atoms with Crippen molar-refractivity contribution in [3.05, 3.63) is 23.0 Å². The van der Waals surface area contributed by atoms with Gasteiger partial charge in [-0.2, -0.15) is 10.2 Å². The van der Waals surface area contributed by atoms with Crippen LogP contribution in [0.5, 0.6) is 0 Å². The molecule has 0 bridgehead atoms. The Bertz CT molecular complexity index is 545. The van der Waals surface area contributed by atoms with Gasteiger partial charge in [-0.15, -0.1) is 0 Å². The highest BCUT2D eigenvalue weighted by molar-refractivity contribution is 5.95. The minimum Gasteiger partial charge on any atom is -0.481 e. The van der Waals surface area contributed by atoms with Crippen molar-refractivity contribution in [3.63, 3.8) is 0 Å². The van der Waals surface area contributed by atoms with Crippen LogP contribution in [0.15, 0.2) is 6.07 Å². The van der Waals surface area contributed by atoms with Crippen LogP contribution in [-0.2, 0) is 11.2 Å². The number of hydrogen-bond donors (Lipinski definition) is 1. The molecule has 1 saturated heterocycles. The summed E-state index contributed by atoms with van der Waals surface area (Å²) in [5, 5.41) is 16.8. The van der Waals surface area contributed by atoms with Gasteiger partial charge in [0.2, 0.25) is 0 Å². The maximum absolute atomic E-state index is 12.6. The molecule has 1 fully saturated rings. The van der Waals surface area contributed by atoms with Gasteiger partial charge in [-0.3, -0.25) is 9.59 Å². The van der Waals surface area contributed by atoms with Crippen LogP contribution in [0.3, 0.4) is 0 Å². The lowest BCUT2D eigenvalue weighted by atomic mass is 10.0. The topological polar surface area (TPSA) is 83.4 Å². The standard InChI is InChI=1S/C15H21N3O3/c1-3-13-12(8-10(2)16-17-13)15(21)18-7-6-11(9-18)4-5-14(19)20/h8,11H,3-7,9H2,1-2H3,(H,19,20). The molecule has 0 aromatic carbocycles. The predicted molar refractivity (Wildman–Crippen MR) is 77.0 cm³/mol. The van der Waals surface area contributed by atoms with Crippen LogP contribution in [-0.4, -0.2) is 45.2 Å². The molecule has 21 heavy (non-hydrogen) atoms. The lowest BCUT2D eigenvalue weighted by molar-refractivity contribution is -0.137. The number of likely N-dealkylation sites (tertiary alicyclic amines) is 1. The molecular formula is C15H21N3O3. The van der Waals surface area contributed by atoms with E-state index in [2.05, 4.69) is 10.2 Å². The van der Waals surface area contributed by atoms with Crippen molar-refractivity contribution in [2.75, 3.05) is 13.1 Å². The van der Waals surface area contributed by atoms with Crippen molar-refractivity contribution in [1.82, 2.24) is 15.1 Å². The highest BCUT2D eigenvalue weighted by atomic mass is 16.4. The Balaban J connectivity index is 2.04. The summed E-state index contributed by atoms with van der Waals surface area (Å²) in [7, 11) is 0. The first-order chi connectivity index (χ1) is 10.0. The fraction of sp³-hybridized carbons (Fsp3) is 0.600. The van der Waals surface area contributed by atoms with Gasteiger partial charge in [0, 0.05) is 19.5 Å². The molecule has 114 valence electrons. The maximum atomic E-state index is 12.6. The van der Waals surface area contributed by atoms with E-state index in [1.54, 1.807) is 6.07 Å². The van der Waals surface area contributed by atoms with E-state index in [-0.39, 0.29) is 18.2 Å². The van der Waals surface area contributed by atoms with Crippen LogP contribution >= 0.6 is 0 Å². The number of rotatable bonds is 5. The van der Waals surface area contributed by atoms with Gasteiger partial charge >= 0.3 is 5.97 Å². The summed E-state index contributed by atoms with van der Waals surface area (Å²) in [5.41, 5.74) is 2.08. The molecule has 0 radical (unpaired) electrons. The fourth-order valence-electron chi connectivity index (χ4n) is 2.71. The Morgan fingerprint density at radius 3 is 2.86 bits per heavy atom. The Morgan fingerprint density at radius 2 is 2.19 bits per heavy atom. The monoisotopic (exact) mass is 291 g/mol. The first kappa shape index (κ1) is 15.4. The van der Waals surface area contributed by atoms with Crippen molar-refractivity contribution in [2.45, 2.75) is 39.5 Å². The Labute approximate surface area is 124 Å². The van der Waals surface area contributed by atoms with E-state index in [4.69, 9.17) is 5.11 Å². The van der Waals surface area contributed by atoms with Gasteiger partial charge in [0.1, 0.15) is 0 Å². The van der Waals surface area contributed by atoms with E-state index >= 15 is 0 Å². The van der Waals surface area contributed by atoms with Gasteiger partial charge in [-0.05, 0) is 38.2 Å². The molecule has 0 aliphatic carbocycles. The summed E-state index contributed by atoms with van der Waals surface area (Å²) < 4.78 is 0. The number of carboxylic acid groups (broad SMARTS) is 1. The first-order valence-corrected chi connectivity index (χ1v) is 7.35. The lowest BCUT2D eigenvalue weighted by Crippen LogP contribution is -2.30. The van der Waals surface area contributed by atoms with Crippen LogP contribution in [0.2, 0.25) is 0 Å². The highest BCUT2D eigenvalue weighted by Gasteiger charge is 2.28.